The lowest BCUT2D eigenvalue weighted by molar-refractivity contribution is -0.870. The van der Waals surface area contributed by atoms with Crippen LogP contribution in [-0.4, -0.2) is 87.4 Å². The number of rotatable bonds is 70. The summed E-state index contributed by atoms with van der Waals surface area (Å²) in [7, 11) is 5.97. The van der Waals surface area contributed by atoms with E-state index in [1.165, 1.54) is 180 Å². The monoisotopic (exact) mass is 1300 g/mol. The van der Waals surface area contributed by atoms with E-state index >= 15 is 0 Å². The summed E-state index contributed by atoms with van der Waals surface area (Å²) in [6.07, 6.45) is 103. The molecule has 0 aromatic heterocycles. The summed E-state index contributed by atoms with van der Waals surface area (Å²) in [6.45, 7) is 4.75. The van der Waals surface area contributed by atoms with Crippen LogP contribution in [-0.2, 0) is 33.3 Å². The van der Waals surface area contributed by atoms with Crippen LogP contribution >= 0.6 is 0 Å². The second kappa shape index (κ2) is 73.2. The molecular formula is C84H144NO8+. The summed E-state index contributed by atoms with van der Waals surface area (Å²) in [5, 5.41) is 9.76. The SMILES string of the molecule is CC/C=C\C/C=C\C/C=C\C/C=C\C/C=C\C/C=C\C/C=C\C/C=C\C/C=C\C/C=C\CCCCCCC(=O)OC(COC(=O)CCCCCCCCCCCCCCCCCCCCCCC/C=C\CCCCCCCCCC)COC(OCC[N+](C)(C)C)C(=O)O. The molecule has 0 aliphatic rings. The van der Waals surface area contributed by atoms with Gasteiger partial charge in [-0.2, -0.15) is 0 Å². The highest BCUT2D eigenvalue weighted by atomic mass is 16.7. The largest absolute Gasteiger partial charge is 0.477 e. The first kappa shape index (κ1) is 88.4. The number of unbranched alkanes of at least 4 members (excludes halogenated alkanes) is 33. The molecule has 0 rings (SSSR count). The Hall–Kier alpha value is -4.57. The molecule has 9 nitrogen and oxygen atoms in total. The number of carboxylic acids is 1. The molecule has 9 heteroatoms. The van der Waals surface area contributed by atoms with E-state index in [1.54, 1.807) is 0 Å². The Morgan fingerprint density at radius 1 is 0.333 bits per heavy atom. The van der Waals surface area contributed by atoms with Crippen molar-refractivity contribution in [1.82, 2.24) is 0 Å². The zero-order valence-electron chi connectivity index (χ0n) is 60.9. The molecule has 0 aromatic rings. The maximum atomic E-state index is 13.0. The van der Waals surface area contributed by atoms with E-state index in [9.17, 15) is 19.5 Å². The first-order valence-corrected chi connectivity index (χ1v) is 38.3. The lowest BCUT2D eigenvalue weighted by atomic mass is 10.0. The lowest BCUT2D eigenvalue weighted by Gasteiger charge is -2.25. The fourth-order valence-electron chi connectivity index (χ4n) is 10.6. The van der Waals surface area contributed by atoms with Gasteiger partial charge in [-0.15, -0.1) is 0 Å². The van der Waals surface area contributed by atoms with Crippen molar-refractivity contribution in [2.24, 2.45) is 0 Å². The average Bonchev–Trinajstić information content (AvgIpc) is 3.74. The molecule has 0 saturated carbocycles. The van der Waals surface area contributed by atoms with Crippen LogP contribution in [0.1, 0.15) is 322 Å². The quantitative estimate of drug-likeness (QED) is 0.0211. The van der Waals surface area contributed by atoms with Gasteiger partial charge in [-0.05, 0) is 116 Å². The van der Waals surface area contributed by atoms with Gasteiger partial charge < -0.3 is 28.5 Å². The summed E-state index contributed by atoms with van der Waals surface area (Å²) in [4.78, 5) is 37.7. The number of carboxylic acid groups (broad SMARTS) is 1. The Morgan fingerprint density at radius 2 is 0.613 bits per heavy atom. The second-order valence-electron chi connectivity index (χ2n) is 26.6. The molecule has 0 aliphatic carbocycles. The van der Waals surface area contributed by atoms with Crippen LogP contribution in [0.15, 0.2) is 134 Å². The molecule has 0 heterocycles. The number of likely N-dealkylation sites (N-methyl/N-ethyl adjacent to an activating group) is 1. The standard InChI is InChI=1S/C84H143NO8/c1-6-8-10-12-14-16-18-20-22-24-26-28-30-32-34-36-38-40-41-43-45-47-49-51-53-55-57-59-61-63-65-67-69-71-73-75-82(87)93-80(79-92-84(83(88)89)90-77-76-85(3,4)5)78-91-81(86)74-72-70-68-66-64-62-60-58-56-54-52-50-48-46-44-42-39-37-35-33-31-29-27-25-23-21-19-17-15-13-11-9-7-2/h8,10,14,16,20,22,25-28,32,34,38,40,43,45,49,51,55,57,61,63,80,84H,6-7,9,11-13,15,17-19,21,23-24,29-31,33,35-37,39,41-42,44,46-48,50,52-54,56,58-60,62,64-79H2,1-5H3/p+1/b10-8-,16-14-,22-20-,27-25-,28-26-,34-32-,40-38-,45-43-,51-49-,57-55-,63-61-. The molecule has 0 saturated heterocycles. The molecule has 0 aromatic carbocycles. The van der Waals surface area contributed by atoms with E-state index in [2.05, 4.69) is 148 Å². The molecule has 93 heavy (non-hydrogen) atoms. The van der Waals surface area contributed by atoms with E-state index in [0.29, 0.717) is 23.9 Å². The highest BCUT2D eigenvalue weighted by Gasteiger charge is 2.25. The van der Waals surface area contributed by atoms with Crippen molar-refractivity contribution in [3.05, 3.63) is 134 Å². The number of hydrogen-bond acceptors (Lipinski definition) is 7. The molecular weight excluding hydrogens is 1150 g/mol. The van der Waals surface area contributed by atoms with Crippen molar-refractivity contribution in [2.75, 3.05) is 47.5 Å². The van der Waals surface area contributed by atoms with Gasteiger partial charge in [0.2, 0.25) is 0 Å². The molecule has 532 valence electrons. The number of nitrogens with zero attached hydrogens (tertiary/aromatic N) is 1. The number of carbonyl (C=O) groups is 3. The third kappa shape index (κ3) is 74.7. The molecule has 0 fully saturated rings. The molecule has 0 spiro atoms. The summed E-state index contributed by atoms with van der Waals surface area (Å²) in [5.41, 5.74) is 0. The first-order chi connectivity index (χ1) is 45.6. The molecule has 0 amide bonds. The van der Waals surface area contributed by atoms with Crippen molar-refractivity contribution in [3.8, 4) is 0 Å². The molecule has 1 N–H and O–H groups in total. The smallest absolute Gasteiger partial charge is 0.361 e. The Balaban J connectivity index is 4.15. The predicted octanol–water partition coefficient (Wildman–Crippen LogP) is 24.5. The minimum absolute atomic E-state index is 0.177. The Bertz CT molecular complexity index is 2000. The minimum atomic E-state index is -1.53. The topological polar surface area (TPSA) is 108 Å². The van der Waals surface area contributed by atoms with Gasteiger partial charge in [-0.3, -0.25) is 9.59 Å². The van der Waals surface area contributed by atoms with Crippen molar-refractivity contribution in [1.29, 1.82) is 0 Å². The first-order valence-electron chi connectivity index (χ1n) is 38.3. The Kier molecular flexibility index (Phi) is 69.6. The zero-order valence-corrected chi connectivity index (χ0v) is 60.9. The maximum absolute atomic E-state index is 13.0. The fraction of sp³-hybridized carbons (Fsp3) is 0.702. The molecule has 2 atom stereocenters. The number of esters is 2. The number of allylic oxidation sites excluding steroid dienone is 22. The average molecular weight is 1300 g/mol. The number of hydrogen-bond donors (Lipinski definition) is 1. The molecule has 0 aliphatic heterocycles. The van der Waals surface area contributed by atoms with E-state index < -0.39 is 24.3 Å². The summed E-state index contributed by atoms with van der Waals surface area (Å²) >= 11 is 0. The number of aliphatic carboxylic acids is 1. The zero-order chi connectivity index (χ0) is 67.5. The summed E-state index contributed by atoms with van der Waals surface area (Å²) in [6, 6.07) is 0. The predicted molar refractivity (Wildman–Crippen MR) is 401 cm³/mol. The maximum Gasteiger partial charge on any atom is 0.361 e. The van der Waals surface area contributed by atoms with Crippen molar-refractivity contribution < 1.29 is 42.9 Å². The lowest BCUT2D eigenvalue weighted by Crippen LogP contribution is -2.40. The summed E-state index contributed by atoms with van der Waals surface area (Å²) < 4.78 is 23.0. The van der Waals surface area contributed by atoms with Gasteiger partial charge in [0.25, 0.3) is 6.29 Å². The number of carbonyl (C=O) groups excluding carboxylic acids is 2. The number of ether oxygens (including phenoxy) is 4. The van der Waals surface area contributed by atoms with Gasteiger partial charge in [0.05, 0.1) is 34.4 Å². The van der Waals surface area contributed by atoms with Crippen LogP contribution in [0, 0.1) is 0 Å². The van der Waals surface area contributed by atoms with Gasteiger partial charge in [0.1, 0.15) is 13.2 Å². The normalized spacial score (nSPS) is 13.4. The van der Waals surface area contributed by atoms with Crippen molar-refractivity contribution in [3.63, 3.8) is 0 Å². The van der Waals surface area contributed by atoms with Gasteiger partial charge in [0, 0.05) is 12.8 Å². The van der Waals surface area contributed by atoms with Crippen molar-refractivity contribution >= 4 is 17.9 Å². The number of quaternary nitrogens is 1. The molecule has 0 radical (unpaired) electrons. The van der Waals surface area contributed by atoms with Crippen LogP contribution in [0.4, 0.5) is 0 Å². The molecule has 2 unspecified atom stereocenters. The van der Waals surface area contributed by atoms with Gasteiger partial charge in [-0.25, -0.2) is 4.79 Å². The van der Waals surface area contributed by atoms with Crippen molar-refractivity contribution in [2.45, 2.75) is 334 Å². The van der Waals surface area contributed by atoms with Crippen LogP contribution in [0.3, 0.4) is 0 Å². The van der Waals surface area contributed by atoms with Gasteiger partial charge >= 0.3 is 17.9 Å². The van der Waals surface area contributed by atoms with Gasteiger partial charge in [0.15, 0.2) is 6.10 Å². The second-order valence-corrected chi connectivity index (χ2v) is 26.6. The van der Waals surface area contributed by atoms with Crippen LogP contribution in [0.25, 0.3) is 0 Å². The van der Waals surface area contributed by atoms with E-state index in [1.807, 2.05) is 21.1 Å². The van der Waals surface area contributed by atoms with Crippen LogP contribution < -0.4 is 0 Å². The Morgan fingerprint density at radius 3 is 0.925 bits per heavy atom. The molecule has 0 bridgehead atoms. The van der Waals surface area contributed by atoms with Crippen LogP contribution in [0.5, 0.6) is 0 Å². The Labute approximate surface area is 573 Å². The highest BCUT2D eigenvalue weighted by Crippen LogP contribution is 2.18. The van der Waals surface area contributed by atoms with Gasteiger partial charge in [-0.1, -0.05) is 327 Å². The fourth-order valence-corrected chi connectivity index (χ4v) is 10.6. The minimum Gasteiger partial charge on any atom is -0.477 e. The van der Waals surface area contributed by atoms with E-state index in [4.69, 9.17) is 18.9 Å². The van der Waals surface area contributed by atoms with E-state index in [-0.39, 0.29) is 32.2 Å². The third-order valence-electron chi connectivity index (χ3n) is 16.4. The third-order valence-corrected chi connectivity index (χ3v) is 16.4. The van der Waals surface area contributed by atoms with E-state index in [0.717, 1.165) is 109 Å². The van der Waals surface area contributed by atoms with Crippen LogP contribution in [0.2, 0.25) is 0 Å². The highest BCUT2D eigenvalue weighted by molar-refractivity contribution is 5.71. The summed E-state index contributed by atoms with van der Waals surface area (Å²) in [5.74, 6) is -2.04.